The fraction of sp³-hybridized carbons (Fsp3) is 0.318. The van der Waals surface area contributed by atoms with Crippen LogP contribution in [-0.2, 0) is 12.0 Å². The van der Waals surface area contributed by atoms with Crippen LogP contribution < -0.4 is 4.90 Å². The third-order valence-corrected chi connectivity index (χ3v) is 4.76. The number of hydrogen-bond acceptors (Lipinski definition) is 4. The van der Waals surface area contributed by atoms with E-state index in [1.807, 2.05) is 12.3 Å². The van der Waals surface area contributed by atoms with E-state index in [0.717, 1.165) is 24.5 Å². The van der Waals surface area contributed by atoms with Gasteiger partial charge in [-0.05, 0) is 42.4 Å². The van der Waals surface area contributed by atoms with Crippen molar-refractivity contribution in [2.45, 2.75) is 39.7 Å². The average Bonchev–Trinajstić information content (AvgIpc) is 3.07. The van der Waals surface area contributed by atoms with Gasteiger partial charge in [0.1, 0.15) is 0 Å². The van der Waals surface area contributed by atoms with Gasteiger partial charge < -0.3 is 4.90 Å². The Kier molecular flexibility index (Phi) is 6.09. The molecule has 28 heavy (non-hydrogen) atoms. The van der Waals surface area contributed by atoms with Crippen LogP contribution in [0.1, 0.15) is 44.6 Å². The number of hydrogen-bond donors (Lipinski definition) is 1. The topological polar surface area (TPSA) is 49.2 Å². The summed E-state index contributed by atoms with van der Waals surface area (Å²) in [6.45, 7) is 10.3. The van der Waals surface area contributed by atoms with E-state index in [4.69, 9.17) is 12.2 Å². The summed E-state index contributed by atoms with van der Waals surface area (Å²) in [6.07, 6.45) is 1.82. The molecule has 6 heteroatoms. The minimum Gasteiger partial charge on any atom is -0.367 e. The van der Waals surface area contributed by atoms with Gasteiger partial charge in [0, 0.05) is 24.2 Å². The first-order valence-corrected chi connectivity index (χ1v) is 9.90. The van der Waals surface area contributed by atoms with Gasteiger partial charge in [-0.2, -0.15) is 14.9 Å². The Morgan fingerprint density at radius 1 is 1.11 bits per heavy atom. The first-order valence-electron chi connectivity index (χ1n) is 9.49. The van der Waals surface area contributed by atoms with Crippen molar-refractivity contribution in [3.05, 3.63) is 76.3 Å². The summed E-state index contributed by atoms with van der Waals surface area (Å²) in [5, 5.41) is 11.7. The molecule has 0 saturated carbocycles. The molecule has 0 radical (unpaired) electrons. The summed E-state index contributed by atoms with van der Waals surface area (Å²) < 4.78 is 2.19. The second-order valence-corrected chi connectivity index (χ2v) is 8.14. The van der Waals surface area contributed by atoms with Crippen LogP contribution >= 0.6 is 12.2 Å². The molecular formula is C22H27N5S. The quantitative estimate of drug-likeness (QED) is 0.466. The number of anilines is 1. The lowest BCUT2D eigenvalue weighted by atomic mass is 9.96. The largest absolute Gasteiger partial charge is 0.367 e. The number of aromatic nitrogens is 3. The zero-order chi connectivity index (χ0) is 20.1. The summed E-state index contributed by atoms with van der Waals surface area (Å²) in [5.74, 6) is 0.811. The van der Waals surface area contributed by atoms with Gasteiger partial charge >= 0.3 is 0 Å². The van der Waals surface area contributed by atoms with Crippen LogP contribution in [0.25, 0.3) is 0 Å². The van der Waals surface area contributed by atoms with Gasteiger partial charge in [-0.1, -0.05) is 63.2 Å². The molecule has 3 rings (SSSR count). The number of nitrogens with zero attached hydrogens (tertiary/aromatic N) is 4. The molecule has 1 N–H and O–H groups in total. The van der Waals surface area contributed by atoms with Crippen LogP contribution in [0.3, 0.4) is 0 Å². The highest BCUT2D eigenvalue weighted by Gasteiger charge is 2.21. The first kappa shape index (κ1) is 20.0. The molecule has 0 spiro atoms. The van der Waals surface area contributed by atoms with Crippen LogP contribution in [0.4, 0.5) is 5.69 Å². The minimum absolute atomic E-state index is 0.145. The Bertz CT molecular complexity index is 978. The van der Waals surface area contributed by atoms with Crippen LogP contribution in [0.15, 0.2) is 59.7 Å². The molecule has 0 unspecified atom stereocenters. The molecule has 0 aliphatic carbocycles. The molecule has 5 nitrogen and oxygen atoms in total. The normalized spacial score (nSPS) is 11.9. The summed E-state index contributed by atoms with van der Waals surface area (Å²) in [5.41, 5.74) is 3.37. The van der Waals surface area contributed by atoms with Gasteiger partial charge in [0.2, 0.25) is 4.77 Å². The molecule has 3 aromatic rings. The lowest BCUT2D eigenvalue weighted by molar-refractivity contribution is 0.516. The molecule has 2 aromatic carbocycles. The van der Waals surface area contributed by atoms with E-state index in [9.17, 15) is 0 Å². The van der Waals surface area contributed by atoms with E-state index in [0.29, 0.717) is 4.77 Å². The van der Waals surface area contributed by atoms with Crippen LogP contribution in [0.5, 0.6) is 0 Å². The van der Waals surface area contributed by atoms with Crippen molar-refractivity contribution in [2.75, 3.05) is 11.4 Å². The Morgan fingerprint density at radius 2 is 1.79 bits per heavy atom. The van der Waals surface area contributed by atoms with Gasteiger partial charge in [-0.3, -0.25) is 5.10 Å². The van der Waals surface area contributed by atoms with Gasteiger partial charge in [0.25, 0.3) is 0 Å². The standard InChI is InChI=1S/C22H27N5S/c1-5-26(16-18-9-7-6-8-10-18)19-13-11-17(12-14-19)15-23-27-20(22(2,3)4)24-25-21(27)28/h6-15H,5,16H2,1-4H3,(H,25,28)/b23-15-. The van der Waals surface area contributed by atoms with Crippen molar-refractivity contribution in [1.29, 1.82) is 0 Å². The van der Waals surface area contributed by atoms with E-state index in [2.05, 4.69) is 96.4 Å². The monoisotopic (exact) mass is 393 g/mol. The van der Waals surface area contributed by atoms with Crippen molar-refractivity contribution in [2.24, 2.45) is 5.10 Å². The fourth-order valence-corrected chi connectivity index (χ4v) is 3.15. The average molecular weight is 394 g/mol. The Hall–Kier alpha value is -2.73. The highest BCUT2D eigenvalue weighted by atomic mass is 32.1. The Morgan fingerprint density at radius 3 is 2.39 bits per heavy atom. The highest BCUT2D eigenvalue weighted by Crippen LogP contribution is 2.20. The molecule has 0 aliphatic heterocycles. The Labute approximate surface area is 171 Å². The van der Waals surface area contributed by atoms with Crippen LogP contribution in [0.2, 0.25) is 0 Å². The lowest BCUT2D eigenvalue weighted by Crippen LogP contribution is -2.21. The Balaban J connectivity index is 1.77. The predicted octanol–water partition coefficient (Wildman–Crippen LogP) is 5.15. The van der Waals surface area contributed by atoms with E-state index >= 15 is 0 Å². The second kappa shape index (κ2) is 8.52. The number of nitrogens with one attached hydrogen (secondary N) is 1. The highest BCUT2D eigenvalue weighted by molar-refractivity contribution is 7.71. The maximum atomic E-state index is 5.31. The number of aromatic amines is 1. The van der Waals surface area contributed by atoms with Gasteiger partial charge in [0.15, 0.2) is 5.82 Å². The van der Waals surface area contributed by atoms with E-state index in [1.54, 1.807) is 4.68 Å². The number of H-pyrrole nitrogens is 1. The minimum atomic E-state index is -0.145. The van der Waals surface area contributed by atoms with Gasteiger partial charge in [0.05, 0.1) is 6.21 Å². The second-order valence-electron chi connectivity index (χ2n) is 7.75. The predicted molar refractivity (Wildman–Crippen MR) is 119 cm³/mol. The summed E-state index contributed by atoms with van der Waals surface area (Å²) in [6, 6.07) is 18.9. The molecule has 0 saturated heterocycles. The molecular weight excluding hydrogens is 366 g/mol. The van der Waals surface area contributed by atoms with Crippen LogP contribution in [0, 0.1) is 4.77 Å². The number of rotatable bonds is 6. The zero-order valence-corrected chi connectivity index (χ0v) is 17.7. The van der Waals surface area contributed by atoms with Crippen molar-refractivity contribution in [3.8, 4) is 0 Å². The van der Waals surface area contributed by atoms with Gasteiger partial charge in [-0.15, -0.1) is 0 Å². The third kappa shape index (κ3) is 4.75. The third-order valence-electron chi connectivity index (χ3n) is 4.50. The van der Waals surface area contributed by atoms with Crippen molar-refractivity contribution >= 4 is 24.1 Å². The van der Waals surface area contributed by atoms with Gasteiger partial charge in [-0.25, -0.2) is 0 Å². The maximum absolute atomic E-state index is 5.31. The SMILES string of the molecule is CCN(Cc1ccccc1)c1ccc(/C=N\n2c(C(C)(C)C)n[nH]c2=S)cc1. The molecule has 0 aliphatic rings. The van der Waals surface area contributed by atoms with E-state index < -0.39 is 0 Å². The lowest BCUT2D eigenvalue weighted by Gasteiger charge is -2.23. The van der Waals surface area contributed by atoms with Crippen molar-refractivity contribution in [1.82, 2.24) is 14.9 Å². The van der Waals surface area contributed by atoms with E-state index in [-0.39, 0.29) is 5.41 Å². The summed E-state index contributed by atoms with van der Waals surface area (Å²) >= 11 is 5.31. The number of benzene rings is 2. The molecule has 1 heterocycles. The summed E-state index contributed by atoms with van der Waals surface area (Å²) in [7, 11) is 0. The van der Waals surface area contributed by atoms with Crippen LogP contribution in [-0.4, -0.2) is 27.6 Å². The van der Waals surface area contributed by atoms with Crippen molar-refractivity contribution < 1.29 is 0 Å². The summed E-state index contributed by atoms with van der Waals surface area (Å²) in [4.78, 5) is 2.35. The van der Waals surface area contributed by atoms with E-state index in [1.165, 1.54) is 11.3 Å². The molecule has 0 bridgehead atoms. The molecule has 146 valence electrons. The molecule has 0 amide bonds. The van der Waals surface area contributed by atoms with Crippen molar-refractivity contribution in [3.63, 3.8) is 0 Å². The molecule has 1 aromatic heterocycles. The smallest absolute Gasteiger partial charge is 0.216 e. The maximum Gasteiger partial charge on any atom is 0.216 e. The molecule has 0 atom stereocenters. The molecule has 0 fully saturated rings. The fourth-order valence-electron chi connectivity index (χ4n) is 2.97. The zero-order valence-electron chi connectivity index (χ0n) is 16.9. The first-order chi connectivity index (χ1) is 13.4.